The lowest BCUT2D eigenvalue weighted by molar-refractivity contribution is 1.03. The minimum absolute atomic E-state index is 0.688. The van der Waals surface area contributed by atoms with E-state index in [1.54, 1.807) is 18.1 Å². The smallest absolute Gasteiger partial charge is 0.0769 e. The molecule has 1 rings (SSSR count). The molecule has 4 nitrogen and oxygen atoms in total. The van der Waals surface area contributed by atoms with Crippen LogP contribution in [0.15, 0.2) is 40.5 Å². The molecule has 1 aromatic carbocycles. The SMILES string of the molecule is CC(/C=N\N(C)c1ccccc1)=N/N. The summed E-state index contributed by atoms with van der Waals surface area (Å²) in [6.07, 6.45) is 1.62. The first-order valence-electron chi connectivity index (χ1n) is 4.31. The molecule has 14 heavy (non-hydrogen) atoms. The first kappa shape index (κ1) is 10.2. The van der Waals surface area contributed by atoms with Crippen molar-refractivity contribution in [3.05, 3.63) is 30.3 Å². The summed E-state index contributed by atoms with van der Waals surface area (Å²) in [6, 6.07) is 9.85. The number of hydrogen-bond donors (Lipinski definition) is 1. The predicted molar refractivity (Wildman–Crippen MR) is 60.6 cm³/mol. The Morgan fingerprint density at radius 3 is 2.57 bits per heavy atom. The molecule has 0 bridgehead atoms. The lowest BCUT2D eigenvalue weighted by Crippen LogP contribution is -2.10. The van der Waals surface area contributed by atoms with E-state index in [-0.39, 0.29) is 0 Å². The van der Waals surface area contributed by atoms with Crippen molar-refractivity contribution in [1.29, 1.82) is 0 Å². The highest BCUT2D eigenvalue weighted by Gasteiger charge is 1.94. The minimum atomic E-state index is 0.688. The van der Waals surface area contributed by atoms with Crippen LogP contribution in [-0.2, 0) is 0 Å². The van der Waals surface area contributed by atoms with Gasteiger partial charge >= 0.3 is 0 Å². The summed E-state index contributed by atoms with van der Waals surface area (Å²) in [5, 5.41) is 9.42. The molecule has 2 N–H and O–H groups in total. The zero-order valence-electron chi connectivity index (χ0n) is 8.38. The van der Waals surface area contributed by atoms with Crippen molar-refractivity contribution < 1.29 is 0 Å². The molecule has 0 fully saturated rings. The summed E-state index contributed by atoms with van der Waals surface area (Å²) in [5.74, 6) is 5.08. The standard InChI is InChI=1S/C10H14N4/c1-9(13-11)8-12-14(2)10-6-4-3-5-7-10/h3-8H,11H2,1-2H3/b12-8-,13-9-. The highest BCUT2D eigenvalue weighted by atomic mass is 15.4. The third-order valence-electron chi connectivity index (χ3n) is 1.75. The van der Waals surface area contributed by atoms with E-state index in [0.29, 0.717) is 5.71 Å². The van der Waals surface area contributed by atoms with Crippen LogP contribution in [0.2, 0.25) is 0 Å². The van der Waals surface area contributed by atoms with E-state index in [1.807, 2.05) is 37.4 Å². The molecule has 74 valence electrons. The van der Waals surface area contributed by atoms with Gasteiger partial charge in [-0.05, 0) is 19.1 Å². The van der Waals surface area contributed by atoms with Crippen LogP contribution in [0, 0.1) is 0 Å². The number of rotatable bonds is 3. The second kappa shape index (κ2) is 5.01. The van der Waals surface area contributed by atoms with Gasteiger partial charge in [-0.25, -0.2) is 0 Å². The predicted octanol–water partition coefficient (Wildman–Crippen LogP) is 1.44. The third kappa shape index (κ3) is 2.90. The summed E-state index contributed by atoms with van der Waals surface area (Å²) in [6.45, 7) is 1.79. The van der Waals surface area contributed by atoms with Crippen LogP contribution in [-0.4, -0.2) is 19.0 Å². The van der Waals surface area contributed by atoms with Crippen molar-refractivity contribution >= 4 is 17.6 Å². The van der Waals surface area contributed by atoms with Crippen molar-refractivity contribution in [3.8, 4) is 0 Å². The average molecular weight is 190 g/mol. The Balaban J connectivity index is 2.68. The Morgan fingerprint density at radius 2 is 2.00 bits per heavy atom. The van der Waals surface area contributed by atoms with Crippen molar-refractivity contribution in [2.45, 2.75) is 6.92 Å². The highest BCUT2D eigenvalue weighted by molar-refractivity contribution is 6.29. The zero-order chi connectivity index (χ0) is 10.4. The van der Waals surface area contributed by atoms with Crippen molar-refractivity contribution in [1.82, 2.24) is 0 Å². The van der Waals surface area contributed by atoms with Gasteiger partial charge in [-0.3, -0.25) is 5.01 Å². The van der Waals surface area contributed by atoms with E-state index in [4.69, 9.17) is 5.84 Å². The molecule has 0 radical (unpaired) electrons. The number of hydrogen-bond acceptors (Lipinski definition) is 4. The maximum Gasteiger partial charge on any atom is 0.0769 e. The molecule has 0 atom stereocenters. The van der Waals surface area contributed by atoms with Gasteiger partial charge in [-0.1, -0.05) is 18.2 Å². The molecule has 0 aliphatic heterocycles. The molecule has 0 aliphatic carbocycles. The highest BCUT2D eigenvalue weighted by Crippen LogP contribution is 2.10. The van der Waals surface area contributed by atoms with Crippen LogP contribution in [0.3, 0.4) is 0 Å². The Kier molecular flexibility index (Phi) is 3.67. The first-order chi connectivity index (χ1) is 6.74. The monoisotopic (exact) mass is 190 g/mol. The first-order valence-corrected chi connectivity index (χ1v) is 4.31. The topological polar surface area (TPSA) is 54.0 Å². The van der Waals surface area contributed by atoms with E-state index in [1.165, 1.54) is 0 Å². The largest absolute Gasteiger partial charge is 0.323 e. The summed E-state index contributed by atoms with van der Waals surface area (Å²) in [7, 11) is 1.87. The van der Waals surface area contributed by atoms with Gasteiger partial charge in [0.05, 0.1) is 17.6 Å². The van der Waals surface area contributed by atoms with Crippen LogP contribution in [0.4, 0.5) is 5.69 Å². The minimum Gasteiger partial charge on any atom is -0.323 e. The van der Waals surface area contributed by atoms with Gasteiger partial charge in [-0.2, -0.15) is 10.2 Å². The molecule has 0 aromatic heterocycles. The molecule has 0 saturated heterocycles. The summed E-state index contributed by atoms with van der Waals surface area (Å²) in [5.41, 5.74) is 1.71. The number of benzene rings is 1. The number of para-hydroxylation sites is 1. The van der Waals surface area contributed by atoms with Crippen LogP contribution in [0.1, 0.15) is 6.92 Å². The Morgan fingerprint density at radius 1 is 1.36 bits per heavy atom. The molecule has 0 aliphatic rings. The maximum atomic E-state index is 5.08. The van der Waals surface area contributed by atoms with Crippen LogP contribution < -0.4 is 10.9 Å². The lowest BCUT2D eigenvalue weighted by Gasteiger charge is -2.11. The van der Waals surface area contributed by atoms with Gasteiger partial charge < -0.3 is 5.84 Å². The van der Waals surface area contributed by atoms with Gasteiger partial charge in [0.15, 0.2) is 0 Å². The van der Waals surface area contributed by atoms with E-state index in [2.05, 4.69) is 10.2 Å². The van der Waals surface area contributed by atoms with Crippen molar-refractivity contribution in [2.75, 3.05) is 12.1 Å². The number of nitrogens with two attached hydrogens (primary N) is 1. The number of hydrazone groups is 2. The van der Waals surface area contributed by atoms with E-state index in [9.17, 15) is 0 Å². The molecule has 0 amide bonds. The molecule has 1 aromatic rings. The van der Waals surface area contributed by atoms with Gasteiger partial charge in [-0.15, -0.1) is 0 Å². The molecular formula is C10H14N4. The number of anilines is 1. The fourth-order valence-electron chi connectivity index (χ4n) is 0.914. The third-order valence-corrected chi connectivity index (χ3v) is 1.75. The van der Waals surface area contributed by atoms with Gasteiger partial charge in [0.25, 0.3) is 0 Å². The Hall–Kier alpha value is -1.84. The molecular weight excluding hydrogens is 176 g/mol. The van der Waals surface area contributed by atoms with Crippen LogP contribution in [0.5, 0.6) is 0 Å². The molecule has 0 saturated carbocycles. The van der Waals surface area contributed by atoms with E-state index >= 15 is 0 Å². The zero-order valence-corrected chi connectivity index (χ0v) is 8.38. The second-order valence-electron chi connectivity index (χ2n) is 2.87. The second-order valence-corrected chi connectivity index (χ2v) is 2.87. The fourth-order valence-corrected chi connectivity index (χ4v) is 0.914. The summed E-state index contributed by atoms with van der Waals surface area (Å²) >= 11 is 0. The average Bonchev–Trinajstić information content (AvgIpc) is 2.26. The number of nitrogens with zero attached hydrogens (tertiary/aromatic N) is 3. The maximum absolute atomic E-state index is 5.08. The summed E-state index contributed by atoms with van der Waals surface area (Å²) in [4.78, 5) is 0. The van der Waals surface area contributed by atoms with E-state index in [0.717, 1.165) is 5.69 Å². The van der Waals surface area contributed by atoms with Crippen molar-refractivity contribution in [3.63, 3.8) is 0 Å². The van der Waals surface area contributed by atoms with Gasteiger partial charge in [0.2, 0.25) is 0 Å². The molecule has 0 heterocycles. The fraction of sp³-hybridized carbons (Fsp3) is 0.200. The quantitative estimate of drug-likeness (QED) is 0.445. The normalized spacial score (nSPS) is 12.0. The van der Waals surface area contributed by atoms with Gasteiger partial charge in [0, 0.05) is 7.05 Å². The van der Waals surface area contributed by atoms with Gasteiger partial charge in [0.1, 0.15) is 0 Å². The van der Waals surface area contributed by atoms with Crippen molar-refractivity contribution in [2.24, 2.45) is 16.0 Å². The Bertz CT molecular complexity index is 329. The lowest BCUT2D eigenvalue weighted by atomic mass is 10.3. The van der Waals surface area contributed by atoms with Crippen LogP contribution >= 0.6 is 0 Å². The molecule has 0 unspecified atom stereocenters. The summed E-state index contributed by atoms with van der Waals surface area (Å²) < 4.78 is 0. The molecule has 0 spiro atoms. The van der Waals surface area contributed by atoms with E-state index < -0.39 is 0 Å². The molecule has 4 heteroatoms. The Labute approximate surface area is 83.7 Å². The van der Waals surface area contributed by atoms with Crippen LogP contribution in [0.25, 0.3) is 0 Å².